The van der Waals surface area contributed by atoms with Crippen molar-refractivity contribution in [2.24, 2.45) is 0 Å². The van der Waals surface area contributed by atoms with Crippen LogP contribution in [0.15, 0.2) is 23.6 Å². The van der Waals surface area contributed by atoms with Crippen molar-refractivity contribution in [3.63, 3.8) is 0 Å². The van der Waals surface area contributed by atoms with Gasteiger partial charge in [-0.1, -0.05) is 0 Å². The maximum Gasteiger partial charge on any atom is 0.445 e. The predicted octanol–water partition coefficient (Wildman–Crippen LogP) is 4.41. The fraction of sp³-hybridized carbons (Fsp3) is 0.333. The Morgan fingerprint density at radius 1 is 0.562 bits per heavy atom. The molecule has 0 saturated heterocycles. The molecular weight excluding hydrogens is 262 g/mol. The van der Waals surface area contributed by atoms with E-state index in [4.69, 9.17) is 0 Å². The van der Waals surface area contributed by atoms with Gasteiger partial charge < -0.3 is 0 Å². The van der Waals surface area contributed by atoms with Crippen LogP contribution >= 0.6 is 0 Å². The van der Waals surface area contributed by atoms with E-state index in [0.29, 0.717) is 0 Å². The molecule has 0 spiro atoms. The lowest BCUT2D eigenvalue weighted by Gasteiger charge is -2.13. The van der Waals surface area contributed by atoms with E-state index < -0.39 is 35.7 Å². The molecule has 0 aliphatic carbocycles. The first kappa shape index (κ1) is 14.8. The van der Waals surface area contributed by atoms with Gasteiger partial charge in [0.2, 0.25) is 17.5 Å². The molecule has 0 fully saturated rings. The van der Waals surface area contributed by atoms with E-state index in [1.54, 1.807) is 0 Å². The summed E-state index contributed by atoms with van der Waals surface area (Å²) in [5, 5.41) is 0. The Morgan fingerprint density at radius 3 is 1.19 bits per heavy atom. The lowest BCUT2D eigenvalue weighted by Crippen LogP contribution is -2.23. The van der Waals surface area contributed by atoms with Crippen LogP contribution in [0.4, 0.5) is 43.9 Å². The third kappa shape index (κ3) is 2.89. The van der Waals surface area contributed by atoms with E-state index in [1.165, 1.54) is 0 Å². The number of allylic oxidation sites excluding steroid dienone is 3. The van der Waals surface area contributed by atoms with Gasteiger partial charge in [0.15, 0.2) is 0 Å². The van der Waals surface area contributed by atoms with Gasteiger partial charge in [-0.25, -0.2) is 4.39 Å². The zero-order chi connectivity index (χ0) is 13.3. The van der Waals surface area contributed by atoms with Gasteiger partial charge >= 0.3 is 18.2 Å². The van der Waals surface area contributed by atoms with Gasteiger partial charge in [-0.05, 0) is 0 Å². The smallest absolute Gasteiger partial charge is 0.201 e. The lowest BCUT2D eigenvalue weighted by molar-refractivity contribution is -0.116. The molecule has 0 aromatic heterocycles. The number of hydrogen-bond acceptors (Lipinski definition) is 0. The summed E-state index contributed by atoms with van der Waals surface area (Å²) in [6, 6.07) is 0. The van der Waals surface area contributed by atoms with Crippen LogP contribution in [0.25, 0.3) is 0 Å². The standard InChI is InChI=1S/C6F10/c7-1(2(8)6(14,15)16)5(12,13)3(9)4(10)11/b2-1+. The molecule has 0 rings (SSSR count). The second-order valence-corrected chi connectivity index (χ2v) is 2.27. The Labute approximate surface area is 80.8 Å². The third-order valence-electron chi connectivity index (χ3n) is 1.16. The first-order valence-corrected chi connectivity index (χ1v) is 3.14. The molecule has 0 unspecified atom stereocenters. The molecule has 0 radical (unpaired) electrons. The Kier molecular flexibility index (Phi) is 4.01. The van der Waals surface area contributed by atoms with Crippen LogP contribution in [0, 0.1) is 0 Å². The molecular formula is C6F10. The van der Waals surface area contributed by atoms with E-state index in [9.17, 15) is 43.9 Å². The van der Waals surface area contributed by atoms with Crippen molar-refractivity contribution in [1.82, 2.24) is 0 Å². The van der Waals surface area contributed by atoms with Crippen LogP contribution in [0.3, 0.4) is 0 Å². The summed E-state index contributed by atoms with van der Waals surface area (Å²) in [4.78, 5) is 0. The maximum atomic E-state index is 12.2. The third-order valence-corrected chi connectivity index (χ3v) is 1.16. The fourth-order valence-corrected chi connectivity index (χ4v) is 0.477. The fourth-order valence-electron chi connectivity index (χ4n) is 0.477. The van der Waals surface area contributed by atoms with Gasteiger partial charge in [-0.3, -0.25) is 0 Å². The van der Waals surface area contributed by atoms with Crippen LogP contribution in [0.1, 0.15) is 0 Å². The Bertz CT molecular complexity index is 328. The molecule has 0 aromatic carbocycles. The summed E-state index contributed by atoms with van der Waals surface area (Å²) in [5.74, 6) is -17.7. The summed E-state index contributed by atoms with van der Waals surface area (Å²) in [5.41, 5.74) is 0. The molecule has 94 valence electrons. The average Bonchev–Trinajstić information content (AvgIpc) is 2.12. The molecule has 0 aliphatic rings. The van der Waals surface area contributed by atoms with E-state index in [2.05, 4.69) is 0 Å². The first-order chi connectivity index (χ1) is 6.92. The van der Waals surface area contributed by atoms with Crippen molar-refractivity contribution in [2.75, 3.05) is 0 Å². The predicted molar refractivity (Wildman–Crippen MR) is 30.6 cm³/mol. The molecule has 0 atom stereocenters. The molecule has 0 heterocycles. The molecule has 0 bridgehead atoms. The van der Waals surface area contributed by atoms with Crippen molar-refractivity contribution in [1.29, 1.82) is 0 Å². The number of rotatable bonds is 2. The Hall–Kier alpha value is -1.22. The molecule has 0 nitrogen and oxygen atoms in total. The summed E-state index contributed by atoms with van der Waals surface area (Å²) in [6.45, 7) is 0. The molecule has 0 N–H and O–H groups in total. The second kappa shape index (κ2) is 4.34. The van der Waals surface area contributed by atoms with E-state index in [1.807, 2.05) is 0 Å². The van der Waals surface area contributed by atoms with E-state index in [-0.39, 0.29) is 0 Å². The van der Waals surface area contributed by atoms with Crippen LogP contribution in [0.2, 0.25) is 0 Å². The van der Waals surface area contributed by atoms with Gasteiger partial charge in [0.05, 0.1) is 0 Å². The lowest BCUT2D eigenvalue weighted by atomic mass is 10.2. The molecule has 10 heteroatoms. The molecule has 0 aromatic rings. The minimum atomic E-state index is -6.17. The molecule has 0 amide bonds. The number of hydrogen-bond donors (Lipinski definition) is 0. The summed E-state index contributed by atoms with van der Waals surface area (Å²) in [7, 11) is 0. The Balaban J connectivity index is 5.61. The largest absolute Gasteiger partial charge is 0.445 e. The summed E-state index contributed by atoms with van der Waals surface area (Å²) in [6.07, 6.45) is -9.92. The number of alkyl halides is 5. The maximum absolute atomic E-state index is 12.2. The van der Waals surface area contributed by atoms with Crippen LogP contribution in [-0.4, -0.2) is 12.1 Å². The highest BCUT2D eigenvalue weighted by Gasteiger charge is 2.51. The first-order valence-electron chi connectivity index (χ1n) is 3.14. The molecule has 0 saturated carbocycles. The summed E-state index contributed by atoms with van der Waals surface area (Å²) >= 11 is 0. The zero-order valence-electron chi connectivity index (χ0n) is 6.78. The van der Waals surface area contributed by atoms with Crippen molar-refractivity contribution >= 4 is 0 Å². The van der Waals surface area contributed by atoms with Crippen molar-refractivity contribution in [3.8, 4) is 0 Å². The van der Waals surface area contributed by atoms with Gasteiger partial charge in [-0.2, -0.15) is 39.5 Å². The molecule has 16 heavy (non-hydrogen) atoms. The van der Waals surface area contributed by atoms with Gasteiger partial charge in [-0.15, -0.1) is 0 Å². The van der Waals surface area contributed by atoms with Crippen molar-refractivity contribution in [2.45, 2.75) is 12.1 Å². The topological polar surface area (TPSA) is 0 Å². The average molecular weight is 262 g/mol. The van der Waals surface area contributed by atoms with Crippen LogP contribution in [-0.2, 0) is 0 Å². The SMILES string of the molecule is FC(F)=C(F)C(F)(F)/C(F)=C(\F)C(F)(F)F. The molecule has 0 aliphatic heterocycles. The van der Waals surface area contributed by atoms with Crippen molar-refractivity contribution < 1.29 is 43.9 Å². The van der Waals surface area contributed by atoms with Gasteiger partial charge in [0, 0.05) is 0 Å². The van der Waals surface area contributed by atoms with Gasteiger partial charge in [0.25, 0.3) is 0 Å². The minimum absolute atomic E-state index is 3.75. The van der Waals surface area contributed by atoms with E-state index >= 15 is 0 Å². The summed E-state index contributed by atoms with van der Waals surface area (Å²) < 4.78 is 117. The van der Waals surface area contributed by atoms with Crippen LogP contribution < -0.4 is 0 Å². The van der Waals surface area contributed by atoms with E-state index in [0.717, 1.165) is 0 Å². The highest BCUT2D eigenvalue weighted by atomic mass is 19.4. The minimum Gasteiger partial charge on any atom is -0.201 e. The second-order valence-electron chi connectivity index (χ2n) is 2.27. The highest BCUT2D eigenvalue weighted by Crippen LogP contribution is 2.42. The van der Waals surface area contributed by atoms with Crippen molar-refractivity contribution in [3.05, 3.63) is 23.6 Å². The highest BCUT2D eigenvalue weighted by molar-refractivity contribution is 5.24. The monoisotopic (exact) mass is 262 g/mol. The normalized spacial score (nSPS) is 14.6. The quantitative estimate of drug-likeness (QED) is 0.646. The Morgan fingerprint density at radius 2 is 0.938 bits per heavy atom. The van der Waals surface area contributed by atoms with Gasteiger partial charge in [0.1, 0.15) is 0 Å². The number of halogens is 10. The zero-order valence-corrected chi connectivity index (χ0v) is 6.78. The van der Waals surface area contributed by atoms with Crippen LogP contribution in [0.5, 0.6) is 0 Å².